The molecule has 30 heavy (non-hydrogen) atoms. The van der Waals surface area contributed by atoms with Crippen molar-refractivity contribution < 1.29 is 9.53 Å². The maximum atomic E-state index is 12.4. The molecule has 0 fully saturated rings. The lowest BCUT2D eigenvalue weighted by Crippen LogP contribution is -2.22. The van der Waals surface area contributed by atoms with E-state index in [1.807, 2.05) is 25.1 Å². The molecule has 2 aromatic heterocycles. The molecule has 0 bridgehead atoms. The van der Waals surface area contributed by atoms with Crippen LogP contribution in [0.1, 0.15) is 11.1 Å². The second kappa shape index (κ2) is 8.42. The zero-order chi connectivity index (χ0) is 21.1. The molecule has 4 rings (SSSR count). The number of aromatic nitrogens is 3. The van der Waals surface area contributed by atoms with Gasteiger partial charge in [0.25, 0.3) is 5.91 Å². The first-order valence-corrected chi connectivity index (χ1v) is 9.69. The molecule has 0 saturated carbocycles. The molecule has 0 radical (unpaired) electrons. The Balaban J connectivity index is 1.41. The standard InChI is InChI=1S/C22H19ClN4O3/c1-15-11-18(8-9-19(15)23)30-14-21(28)24-17-6-4-5-16(12-17)13-27-22(29)26-10-3-2-7-20(26)25-27/h2-12H,13-14H2,1H3,(H,24,28). The molecule has 0 aliphatic carbocycles. The molecule has 7 nitrogen and oxygen atoms in total. The Labute approximate surface area is 177 Å². The summed E-state index contributed by atoms with van der Waals surface area (Å²) in [5.74, 6) is 0.289. The van der Waals surface area contributed by atoms with Crippen LogP contribution in [0.4, 0.5) is 5.69 Å². The highest BCUT2D eigenvalue weighted by molar-refractivity contribution is 6.31. The molecule has 0 spiro atoms. The highest BCUT2D eigenvalue weighted by Gasteiger charge is 2.09. The van der Waals surface area contributed by atoms with Crippen molar-refractivity contribution in [2.75, 3.05) is 11.9 Å². The van der Waals surface area contributed by atoms with Gasteiger partial charge in [0.15, 0.2) is 12.3 Å². The van der Waals surface area contributed by atoms with E-state index >= 15 is 0 Å². The fourth-order valence-corrected chi connectivity index (χ4v) is 3.16. The lowest BCUT2D eigenvalue weighted by Gasteiger charge is -2.09. The van der Waals surface area contributed by atoms with Crippen LogP contribution >= 0.6 is 11.6 Å². The van der Waals surface area contributed by atoms with E-state index in [4.69, 9.17) is 16.3 Å². The topological polar surface area (TPSA) is 77.6 Å². The Morgan fingerprint density at radius 1 is 1.13 bits per heavy atom. The number of fused-ring (bicyclic) bond motifs is 1. The normalized spacial score (nSPS) is 10.9. The second-order valence-electron chi connectivity index (χ2n) is 6.82. The van der Waals surface area contributed by atoms with Gasteiger partial charge in [-0.1, -0.05) is 29.8 Å². The minimum Gasteiger partial charge on any atom is -0.484 e. The number of nitrogens with one attached hydrogen (secondary N) is 1. The molecular formula is C22H19ClN4O3. The van der Waals surface area contributed by atoms with E-state index in [1.165, 1.54) is 9.08 Å². The number of aryl methyl sites for hydroxylation is 1. The van der Waals surface area contributed by atoms with Gasteiger partial charge >= 0.3 is 5.69 Å². The average Bonchev–Trinajstić information content (AvgIpc) is 3.05. The van der Waals surface area contributed by atoms with Crippen LogP contribution in [0.5, 0.6) is 5.75 Å². The van der Waals surface area contributed by atoms with E-state index in [9.17, 15) is 9.59 Å². The van der Waals surface area contributed by atoms with Gasteiger partial charge < -0.3 is 10.1 Å². The summed E-state index contributed by atoms with van der Waals surface area (Å²) >= 11 is 5.99. The molecule has 0 saturated heterocycles. The molecule has 1 amide bonds. The maximum Gasteiger partial charge on any atom is 0.350 e. The molecule has 4 aromatic rings. The zero-order valence-electron chi connectivity index (χ0n) is 16.2. The van der Waals surface area contributed by atoms with Crippen LogP contribution in [-0.2, 0) is 11.3 Å². The fourth-order valence-electron chi connectivity index (χ4n) is 3.04. The summed E-state index contributed by atoms with van der Waals surface area (Å²) in [7, 11) is 0. The third-order valence-corrected chi connectivity index (χ3v) is 4.95. The highest BCUT2D eigenvalue weighted by atomic mass is 35.5. The summed E-state index contributed by atoms with van der Waals surface area (Å²) in [6.45, 7) is 2.04. The number of ether oxygens (including phenoxy) is 1. The van der Waals surface area contributed by atoms with Gasteiger partial charge in [-0.05, 0) is 60.5 Å². The Bertz CT molecular complexity index is 1280. The number of hydrogen-bond donors (Lipinski definition) is 1. The first-order valence-electron chi connectivity index (χ1n) is 9.31. The van der Waals surface area contributed by atoms with E-state index in [0.717, 1.165) is 11.1 Å². The summed E-state index contributed by atoms with van der Waals surface area (Å²) in [4.78, 5) is 24.7. The first-order chi connectivity index (χ1) is 14.5. The average molecular weight is 423 g/mol. The SMILES string of the molecule is Cc1cc(OCC(=O)Nc2cccc(Cn3nc4ccccn4c3=O)c2)ccc1Cl. The van der Waals surface area contributed by atoms with E-state index < -0.39 is 0 Å². The van der Waals surface area contributed by atoms with Crippen molar-refractivity contribution in [2.45, 2.75) is 13.5 Å². The number of benzene rings is 2. The number of pyridine rings is 1. The summed E-state index contributed by atoms with van der Waals surface area (Å²) in [6, 6.07) is 17.9. The van der Waals surface area contributed by atoms with E-state index in [2.05, 4.69) is 10.4 Å². The summed E-state index contributed by atoms with van der Waals surface area (Å²) < 4.78 is 8.40. The largest absolute Gasteiger partial charge is 0.484 e. The summed E-state index contributed by atoms with van der Waals surface area (Å²) in [5.41, 5.74) is 2.70. The Morgan fingerprint density at radius 3 is 2.80 bits per heavy atom. The number of rotatable bonds is 6. The van der Waals surface area contributed by atoms with Gasteiger partial charge in [0.2, 0.25) is 0 Å². The van der Waals surface area contributed by atoms with Crippen LogP contribution < -0.4 is 15.7 Å². The van der Waals surface area contributed by atoms with Crippen LogP contribution in [-0.4, -0.2) is 26.7 Å². The van der Waals surface area contributed by atoms with Crippen molar-refractivity contribution in [1.29, 1.82) is 0 Å². The van der Waals surface area contributed by atoms with Gasteiger partial charge in [0.05, 0.1) is 6.54 Å². The third-order valence-electron chi connectivity index (χ3n) is 4.53. The summed E-state index contributed by atoms with van der Waals surface area (Å²) in [5, 5.41) is 7.77. The minimum absolute atomic E-state index is 0.128. The molecule has 2 heterocycles. The van der Waals surface area contributed by atoms with Crippen molar-refractivity contribution in [3.05, 3.63) is 93.5 Å². The number of amides is 1. The van der Waals surface area contributed by atoms with E-state index in [1.54, 1.807) is 48.7 Å². The lowest BCUT2D eigenvalue weighted by atomic mass is 10.2. The highest BCUT2D eigenvalue weighted by Crippen LogP contribution is 2.21. The van der Waals surface area contributed by atoms with E-state index in [0.29, 0.717) is 28.7 Å². The van der Waals surface area contributed by atoms with Gasteiger partial charge in [-0.2, -0.15) is 0 Å². The smallest absolute Gasteiger partial charge is 0.350 e. The molecule has 0 aliphatic rings. The fraction of sp³-hybridized carbons (Fsp3) is 0.136. The van der Waals surface area contributed by atoms with Crippen LogP contribution in [0.3, 0.4) is 0 Å². The second-order valence-corrected chi connectivity index (χ2v) is 7.22. The third kappa shape index (κ3) is 4.36. The van der Waals surface area contributed by atoms with Crippen LogP contribution in [0, 0.1) is 6.92 Å². The predicted molar refractivity (Wildman–Crippen MR) is 115 cm³/mol. The molecule has 8 heteroatoms. The first kappa shape index (κ1) is 19.7. The molecule has 2 aromatic carbocycles. The minimum atomic E-state index is -0.287. The number of carbonyl (C=O) groups excluding carboxylic acids is 1. The molecule has 1 N–H and O–H groups in total. The van der Waals surface area contributed by atoms with Gasteiger partial charge in [-0.3, -0.25) is 9.20 Å². The monoisotopic (exact) mass is 422 g/mol. The Kier molecular flexibility index (Phi) is 5.54. The van der Waals surface area contributed by atoms with Gasteiger partial charge in [-0.25, -0.2) is 9.48 Å². The van der Waals surface area contributed by atoms with Gasteiger partial charge in [0, 0.05) is 16.9 Å². The zero-order valence-corrected chi connectivity index (χ0v) is 17.0. The van der Waals surface area contributed by atoms with Crippen molar-refractivity contribution >= 4 is 28.8 Å². The van der Waals surface area contributed by atoms with Crippen LogP contribution in [0.2, 0.25) is 5.02 Å². The van der Waals surface area contributed by atoms with Crippen molar-refractivity contribution in [2.24, 2.45) is 0 Å². The lowest BCUT2D eigenvalue weighted by molar-refractivity contribution is -0.118. The molecule has 0 atom stereocenters. The van der Waals surface area contributed by atoms with Crippen LogP contribution in [0.25, 0.3) is 5.65 Å². The van der Waals surface area contributed by atoms with Crippen molar-refractivity contribution in [3.8, 4) is 5.75 Å². The number of hydrogen-bond acceptors (Lipinski definition) is 4. The van der Waals surface area contributed by atoms with Crippen molar-refractivity contribution in [3.63, 3.8) is 0 Å². The number of carbonyl (C=O) groups is 1. The Hall–Kier alpha value is -3.58. The quantitative estimate of drug-likeness (QED) is 0.515. The maximum absolute atomic E-state index is 12.4. The molecule has 0 aliphatic heterocycles. The van der Waals surface area contributed by atoms with Crippen LogP contribution in [0.15, 0.2) is 71.7 Å². The predicted octanol–water partition coefficient (Wildman–Crippen LogP) is 3.52. The Morgan fingerprint density at radius 2 is 2.00 bits per heavy atom. The van der Waals surface area contributed by atoms with E-state index in [-0.39, 0.29) is 18.2 Å². The molecule has 152 valence electrons. The summed E-state index contributed by atoms with van der Waals surface area (Å²) in [6.07, 6.45) is 1.68. The van der Waals surface area contributed by atoms with Gasteiger partial charge in [0.1, 0.15) is 5.75 Å². The van der Waals surface area contributed by atoms with Gasteiger partial charge in [-0.15, -0.1) is 5.10 Å². The van der Waals surface area contributed by atoms with Crippen molar-refractivity contribution in [1.82, 2.24) is 14.2 Å². The molecular weight excluding hydrogens is 404 g/mol. The number of anilines is 1. The number of nitrogens with zero attached hydrogens (tertiary/aromatic N) is 3. The molecule has 0 unspecified atom stereocenters. The number of halogens is 1.